The van der Waals surface area contributed by atoms with Gasteiger partial charge in [-0.2, -0.15) is 0 Å². The highest BCUT2D eigenvalue weighted by molar-refractivity contribution is 6.06. The summed E-state index contributed by atoms with van der Waals surface area (Å²) in [5.41, 5.74) is 5.72. The van der Waals surface area contributed by atoms with Gasteiger partial charge in [0.15, 0.2) is 0 Å². The van der Waals surface area contributed by atoms with Crippen LogP contribution in [0.25, 0.3) is 33.3 Å². The van der Waals surface area contributed by atoms with Crippen molar-refractivity contribution in [3.63, 3.8) is 0 Å². The zero-order chi connectivity index (χ0) is 19.5. The van der Waals surface area contributed by atoms with Crippen LogP contribution in [0.3, 0.4) is 0 Å². The van der Waals surface area contributed by atoms with E-state index in [1.54, 1.807) is 13.2 Å². The second-order valence-corrected chi connectivity index (χ2v) is 6.45. The number of fused-ring (bicyclic) bond motifs is 1. The van der Waals surface area contributed by atoms with Crippen LogP contribution in [0.2, 0.25) is 0 Å². The lowest BCUT2D eigenvalue weighted by molar-refractivity contribution is 0.0526. The fraction of sp³-hybridized carbons (Fsp3) is 0.125. The van der Waals surface area contributed by atoms with Gasteiger partial charge in [-0.25, -0.2) is 4.79 Å². The number of benzene rings is 3. The van der Waals surface area contributed by atoms with E-state index in [1.165, 1.54) is 0 Å². The van der Waals surface area contributed by atoms with Crippen molar-refractivity contribution >= 4 is 16.9 Å². The lowest BCUT2D eigenvalue weighted by atomic mass is 9.97. The van der Waals surface area contributed by atoms with Crippen LogP contribution in [-0.2, 0) is 4.74 Å². The average molecular weight is 371 g/mol. The van der Waals surface area contributed by atoms with Crippen molar-refractivity contribution in [2.45, 2.75) is 6.92 Å². The molecule has 0 bridgehead atoms. The molecule has 4 aromatic rings. The quantitative estimate of drug-likeness (QED) is 0.459. The summed E-state index contributed by atoms with van der Waals surface area (Å²) in [5, 5.41) is 0.988. The third-order valence-electron chi connectivity index (χ3n) is 4.75. The molecule has 0 saturated heterocycles. The molecule has 4 heteroatoms. The Morgan fingerprint density at radius 1 is 0.929 bits per heavy atom. The van der Waals surface area contributed by atoms with Crippen LogP contribution in [0.1, 0.15) is 17.3 Å². The predicted molar refractivity (Wildman–Crippen MR) is 112 cm³/mol. The van der Waals surface area contributed by atoms with Crippen molar-refractivity contribution in [3.05, 3.63) is 78.4 Å². The van der Waals surface area contributed by atoms with Gasteiger partial charge in [-0.3, -0.25) is 0 Å². The van der Waals surface area contributed by atoms with E-state index >= 15 is 0 Å². The molecule has 4 rings (SSSR count). The topological polar surface area (TPSA) is 51.3 Å². The number of methoxy groups -OCH3 is 1. The number of ether oxygens (including phenoxy) is 2. The van der Waals surface area contributed by atoms with E-state index in [-0.39, 0.29) is 5.97 Å². The summed E-state index contributed by atoms with van der Waals surface area (Å²) in [4.78, 5) is 15.8. The van der Waals surface area contributed by atoms with Crippen molar-refractivity contribution in [2.24, 2.45) is 0 Å². The highest BCUT2D eigenvalue weighted by atomic mass is 16.5. The summed E-state index contributed by atoms with van der Waals surface area (Å²) in [6.07, 6.45) is 0. The highest BCUT2D eigenvalue weighted by Gasteiger charge is 2.17. The number of aromatic amines is 1. The standard InChI is InChI=1S/C24H21NO3/c1-3-28-24(26)18-11-14-21-20(15-18)22(16-7-5-4-6-8-16)23(25-21)17-9-12-19(27-2)13-10-17/h4-15,25H,3H2,1-2H3. The number of hydrogen-bond acceptors (Lipinski definition) is 3. The van der Waals surface area contributed by atoms with Crippen LogP contribution in [-0.4, -0.2) is 24.7 Å². The summed E-state index contributed by atoms with van der Waals surface area (Å²) in [5.74, 6) is 0.501. The maximum Gasteiger partial charge on any atom is 0.338 e. The summed E-state index contributed by atoms with van der Waals surface area (Å²) in [6, 6.07) is 23.8. The molecule has 1 aromatic heterocycles. The number of carbonyl (C=O) groups excluding carboxylic acids is 1. The van der Waals surface area contributed by atoms with E-state index in [0.29, 0.717) is 12.2 Å². The predicted octanol–water partition coefficient (Wildman–Crippen LogP) is 5.69. The summed E-state index contributed by atoms with van der Waals surface area (Å²) < 4.78 is 10.5. The average Bonchev–Trinajstić information content (AvgIpc) is 3.13. The molecule has 28 heavy (non-hydrogen) atoms. The highest BCUT2D eigenvalue weighted by Crippen LogP contribution is 2.39. The fourth-order valence-corrected chi connectivity index (χ4v) is 3.41. The third kappa shape index (κ3) is 3.25. The fourth-order valence-electron chi connectivity index (χ4n) is 3.41. The molecule has 0 atom stereocenters. The van der Waals surface area contributed by atoms with Gasteiger partial charge in [0.25, 0.3) is 0 Å². The van der Waals surface area contributed by atoms with Crippen molar-refractivity contribution in [1.29, 1.82) is 0 Å². The summed E-state index contributed by atoms with van der Waals surface area (Å²) in [7, 11) is 1.66. The van der Waals surface area contributed by atoms with Crippen LogP contribution in [0.4, 0.5) is 0 Å². The third-order valence-corrected chi connectivity index (χ3v) is 4.75. The smallest absolute Gasteiger partial charge is 0.338 e. The minimum atomic E-state index is -0.310. The second-order valence-electron chi connectivity index (χ2n) is 6.45. The monoisotopic (exact) mass is 371 g/mol. The Morgan fingerprint density at radius 2 is 1.68 bits per heavy atom. The van der Waals surface area contributed by atoms with Crippen molar-refractivity contribution in [2.75, 3.05) is 13.7 Å². The summed E-state index contributed by atoms with van der Waals surface area (Å²) >= 11 is 0. The molecule has 0 fully saturated rings. The molecule has 1 N–H and O–H groups in total. The Labute approximate surface area is 163 Å². The molecule has 0 saturated carbocycles. The largest absolute Gasteiger partial charge is 0.497 e. The van der Waals surface area contributed by atoms with Gasteiger partial charge < -0.3 is 14.5 Å². The molecular formula is C24H21NO3. The molecule has 0 unspecified atom stereocenters. The Morgan fingerprint density at radius 3 is 2.36 bits per heavy atom. The molecule has 0 aliphatic heterocycles. The zero-order valence-electron chi connectivity index (χ0n) is 15.9. The molecule has 0 aliphatic carbocycles. The summed E-state index contributed by atoms with van der Waals surface area (Å²) in [6.45, 7) is 2.16. The molecule has 0 spiro atoms. The van der Waals surface area contributed by atoms with Gasteiger partial charge in [0.05, 0.1) is 25.0 Å². The molecule has 4 nitrogen and oxygen atoms in total. The van der Waals surface area contributed by atoms with Gasteiger partial charge in [-0.05, 0) is 60.5 Å². The molecule has 0 radical (unpaired) electrons. The van der Waals surface area contributed by atoms with Crippen LogP contribution in [0.15, 0.2) is 72.8 Å². The maximum atomic E-state index is 12.2. The SMILES string of the molecule is CCOC(=O)c1ccc2[nH]c(-c3ccc(OC)cc3)c(-c3ccccc3)c2c1. The van der Waals surface area contributed by atoms with Crippen LogP contribution < -0.4 is 4.74 Å². The Hall–Kier alpha value is -3.53. The molecule has 0 aliphatic rings. The van der Waals surface area contributed by atoms with E-state index in [4.69, 9.17) is 9.47 Å². The van der Waals surface area contributed by atoms with Gasteiger partial charge in [-0.1, -0.05) is 30.3 Å². The van der Waals surface area contributed by atoms with Gasteiger partial charge in [-0.15, -0.1) is 0 Å². The van der Waals surface area contributed by atoms with E-state index in [2.05, 4.69) is 17.1 Å². The van der Waals surface area contributed by atoms with Crippen LogP contribution in [0.5, 0.6) is 5.75 Å². The molecule has 0 amide bonds. The van der Waals surface area contributed by atoms with E-state index in [0.717, 1.165) is 39.0 Å². The lowest BCUT2D eigenvalue weighted by Gasteiger charge is -2.07. The zero-order valence-corrected chi connectivity index (χ0v) is 15.9. The minimum Gasteiger partial charge on any atom is -0.497 e. The van der Waals surface area contributed by atoms with Gasteiger partial charge in [0.2, 0.25) is 0 Å². The number of rotatable bonds is 5. The number of aromatic nitrogens is 1. The molecule has 1 heterocycles. The van der Waals surface area contributed by atoms with E-state index in [9.17, 15) is 4.79 Å². The van der Waals surface area contributed by atoms with Gasteiger partial charge in [0, 0.05) is 16.5 Å². The minimum absolute atomic E-state index is 0.310. The maximum absolute atomic E-state index is 12.2. The normalized spacial score (nSPS) is 10.8. The van der Waals surface area contributed by atoms with Gasteiger partial charge >= 0.3 is 5.97 Å². The Kier molecular flexibility index (Phi) is 4.85. The first-order valence-corrected chi connectivity index (χ1v) is 9.24. The first kappa shape index (κ1) is 17.9. The molecular weight excluding hydrogens is 350 g/mol. The Bertz CT molecular complexity index is 1110. The van der Waals surface area contributed by atoms with Gasteiger partial charge in [0.1, 0.15) is 5.75 Å². The first-order chi connectivity index (χ1) is 13.7. The first-order valence-electron chi connectivity index (χ1n) is 9.24. The second kappa shape index (κ2) is 7.61. The number of nitrogens with one attached hydrogen (secondary N) is 1. The lowest BCUT2D eigenvalue weighted by Crippen LogP contribution is -2.04. The Balaban J connectivity index is 1.94. The number of H-pyrrole nitrogens is 1. The number of carbonyl (C=O) groups is 1. The van der Waals surface area contributed by atoms with E-state index in [1.807, 2.05) is 61.5 Å². The van der Waals surface area contributed by atoms with Crippen LogP contribution >= 0.6 is 0 Å². The number of esters is 1. The van der Waals surface area contributed by atoms with Crippen molar-refractivity contribution < 1.29 is 14.3 Å². The molecule has 3 aromatic carbocycles. The molecule has 140 valence electrons. The number of hydrogen-bond donors (Lipinski definition) is 1. The van der Waals surface area contributed by atoms with Crippen LogP contribution in [0, 0.1) is 0 Å². The van der Waals surface area contributed by atoms with E-state index < -0.39 is 0 Å². The van der Waals surface area contributed by atoms with Crippen molar-refractivity contribution in [3.8, 4) is 28.1 Å². The van der Waals surface area contributed by atoms with Crippen molar-refractivity contribution in [1.82, 2.24) is 4.98 Å².